The maximum absolute atomic E-state index is 13.8. The van der Waals surface area contributed by atoms with Crippen molar-refractivity contribution in [2.24, 2.45) is 0 Å². The molecule has 0 aliphatic rings. The normalized spacial score (nSPS) is 10.6. The zero-order chi connectivity index (χ0) is 17.9. The molecule has 0 atom stereocenters. The Hall–Kier alpha value is -3.03. The number of benzene rings is 1. The molecule has 0 spiro atoms. The molecule has 0 aliphatic heterocycles. The molecular weight excluding hydrogens is 320 g/mol. The Morgan fingerprint density at radius 3 is 1.83 bits per heavy atom. The Kier molecular flexibility index (Phi) is 5.08. The highest BCUT2D eigenvalue weighted by Crippen LogP contribution is 2.09. The molecule has 0 amide bonds. The predicted octanol–water partition coefficient (Wildman–Crippen LogP) is 0.870. The quantitative estimate of drug-likeness (QED) is 0.736. The Morgan fingerprint density at radius 1 is 0.875 bits per heavy atom. The molecule has 0 fully saturated rings. The van der Waals surface area contributed by atoms with Crippen molar-refractivity contribution < 1.29 is 8.78 Å². The van der Waals surface area contributed by atoms with E-state index in [1.807, 2.05) is 0 Å². The zero-order valence-corrected chi connectivity index (χ0v) is 12.7. The minimum atomic E-state index is -0.895. The number of aromatic nitrogens is 3. The summed E-state index contributed by atoms with van der Waals surface area (Å²) in [6.45, 7) is 6.26. The van der Waals surface area contributed by atoms with Crippen molar-refractivity contribution in [3.63, 3.8) is 0 Å². The van der Waals surface area contributed by atoms with E-state index in [9.17, 15) is 23.2 Å². The topological polar surface area (TPSA) is 66.0 Å². The number of halogens is 2. The number of allylic oxidation sites excluding steroid dienone is 2. The molecule has 0 saturated heterocycles. The van der Waals surface area contributed by atoms with Crippen LogP contribution in [0.15, 0.2) is 57.9 Å². The van der Waals surface area contributed by atoms with Crippen molar-refractivity contribution >= 4 is 0 Å². The van der Waals surface area contributed by atoms with E-state index < -0.39 is 35.2 Å². The SMILES string of the molecule is C=CCn1c(=O)n(CC=C)c(=O)n(Cc2ccc(F)cc2F)c1=O. The lowest BCUT2D eigenvalue weighted by Gasteiger charge is -2.12. The lowest BCUT2D eigenvalue weighted by atomic mass is 10.2. The van der Waals surface area contributed by atoms with E-state index in [0.717, 1.165) is 21.3 Å². The van der Waals surface area contributed by atoms with Crippen molar-refractivity contribution in [3.8, 4) is 0 Å². The lowest BCUT2D eigenvalue weighted by Crippen LogP contribution is -2.54. The van der Waals surface area contributed by atoms with E-state index in [1.54, 1.807) is 0 Å². The first-order valence-corrected chi connectivity index (χ1v) is 7.01. The van der Waals surface area contributed by atoms with Gasteiger partial charge >= 0.3 is 17.1 Å². The Labute approximate surface area is 135 Å². The number of nitrogens with zero attached hydrogens (tertiary/aromatic N) is 3. The standard InChI is InChI=1S/C16H15F2N3O3/c1-3-7-19-14(22)20(8-4-2)16(24)21(15(19)23)10-11-5-6-12(17)9-13(11)18/h3-6,9H,1-2,7-8,10H2. The molecule has 6 nitrogen and oxygen atoms in total. The zero-order valence-electron chi connectivity index (χ0n) is 12.7. The summed E-state index contributed by atoms with van der Waals surface area (Å²) in [5.41, 5.74) is -2.65. The van der Waals surface area contributed by atoms with Gasteiger partial charge in [-0.2, -0.15) is 0 Å². The van der Waals surface area contributed by atoms with Crippen LogP contribution in [-0.4, -0.2) is 13.7 Å². The van der Waals surface area contributed by atoms with Crippen molar-refractivity contribution in [2.45, 2.75) is 19.6 Å². The maximum atomic E-state index is 13.8. The van der Waals surface area contributed by atoms with Gasteiger partial charge in [0.25, 0.3) is 0 Å². The van der Waals surface area contributed by atoms with E-state index in [0.29, 0.717) is 10.6 Å². The molecule has 0 unspecified atom stereocenters. The second-order valence-electron chi connectivity index (χ2n) is 4.97. The van der Waals surface area contributed by atoms with Crippen LogP contribution in [0.3, 0.4) is 0 Å². The molecule has 24 heavy (non-hydrogen) atoms. The van der Waals surface area contributed by atoms with E-state index in [2.05, 4.69) is 13.2 Å². The van der Waals surface area contributed by atoms with Crippen molar-refractivity contribution in [1.82, 2.24) is 13.7 Å². The Balaban J connectivity index is 2.70. The number of rotatable bonds is 6. The summed E-state index contributed by atoms with van der Waals surface area (Å²) < 4.78 is 29.1. The summed E-state index contributed by atoms with van der Waals surface area (Å²) in [5.74, 6) is -1.66. The summed E-state index contributed by atoms with van der Waals surface area (Å²) in [4.78, 5) is 37.0. The molecule has 1 aromatic carbocycles. The second-order valence-corrected chi connectivity index (χ2v) is 4.97. The molecule has 1 heterocycles. The van der Waals surface area contributed by atoms with Gasteiger partial charge < -0.3 is 0 Å². The van der Waals surface area contributed by atoms with Gasteiger partial charge in [0.1, 0.15) is 11.6 Å². The fraction of sp³-hybridized carbons (Fsp3) is 0.188. The van der Waals surface area contributed by atoms with Gasteiger partial charge in [0.15, 0.2) is 0 Å². The third kappa shape index (κ3) is 3.17. The molecular formula is C16H15F2N3O3. The van der Waals surface area contributed by atoms with Crippen LogP contribution in [0.4, 0.5) is 8.78 Å². The van der Waals surface area contributed by atoms with Crippen LogP contribution in [-0.2, 0) is 19.6 Å². The third-order valence-electron chi connectivity index (χ3n) is 3.35. The van der Waals surface area contributed by atoms with E-state index in [4.69, 9.17) is 0 Å². The fourth-order valence-corrected chi connectivity index (χ4v) is 2.21. The highest BCUT2D eigenvalue weighted by Gasteiger charge is 2.15. The van der Waals surface area contributed by atoms with Gasteiger partial charge in [0, 0.05) is 11.6 Å². The molecule has 1 aromatic heterocycles. The van der Waals surface area contributed by atoms with Gasteiger partial charge in [0.2, 0.25) is 0 Å². The molecule has 0 radical (unpaired) electrons. The largest absolute Gasteiger partial charge is 0.336 e. The van der Waals surface area contributed by atoms with Gasteiger partial charge in [0.05, 0.1) is 19.6 Å². The minimum absolute atomic E-state index is 0.0513. The summed E-state index contributed by atoms with van der Waals surface area (Å²) >= 11 is 0. The Morgan fingerprint density at radius 2 is 1.38 bits per heavy atom. The maximum Gasteiger partial charge on any atom is 0.336 e. The van der Waals surface area contributed by atoms with E-state index >= 15 is 0 Å². The molecule has 126 valence electrons. The smallest absolute Gasteiger partial charge is 0.247 e. The van der Waals surface area contributed by atoms with Gasteiger partial charge in [-0.15, -0.1) is 13.2 Å². The second kappa shape index (κ2) is 7.03. The first-order valence-electron chi connectivity index (χ1n) is 7.01. The average Bonchev–Trinajstić information content (AvgIpc) is 2.54. The Bertz CT molecular complexity index is 922. The predicted molar refractivity (Wildman–Crippen MR) is 85.1 cm³/mol. The fourth-order valence-electron chi connectivity index (χ4n) is 2.21. The van der Waals surface area contributed by atoms with Crippen LogP contribution in [0.2, 0.25) is 0 Å². The van der Waals surface area contributed by atoms with Crippen molar-refractivity contribution in [3.05, 3.63) is 92.2 Å². The first kappa shape index (κ1) is 17.3. The highest BCUT2D eigenvalue weighted by atomic mass is 19.1. The lowest BCUT2D eigenvalue weighted by molar-refractivity contribution is 0.489. The summed E-state index contributed by atoms with van der Waals surface area (Å²) in [6, 6.07) is 2.81. The molecule has 0 saturated carbocycles. The van der Waals surface area contributed by atoms with Gasteiger partial charge in [-0.25, -0.2) is 36.9 Å². The van der Waals surface area contributed by atoms with Crippen LogP contribution in [0.1, 0.15) is 5.56 Å². The molecule has 2 rings (SSSR count). The molecule has 2 aromatic rings. The molecule has 0 bridgehead atoms. The number of hydrogen-bond acceptors (Lipinski definition) is 3. The average molecular weight is 335 g/mol. The van der Waals surface area contributed by atoms with Crippen LogP contribution in [0.5, 0.6) is 0 Å². The van der Waals surface area contributed by atoms with Gasteiger partial charge in [-0.05, 0) is 6.07 Å². The molecule has 8 heteroatoms. The van der Waals surface area contributed by atoms with Crippen LogP contribution in [0, 0.1) is 11.6 Å². The van der Waals surface area contributed by atoms with E-state index in [1.165, 1.54) is 12.2 Å². The number of hydrogen-bond donors (Lipinski definition) is 0. The monoisotopic (exact) mass is 335 g/mol. The van der Waals surface area contributed by atoms with Gasteiger partial charge in [-0.3, -0.25) is 0 Å². The van der Waals surface area contributed by atoms with Crippen molar-refractivity contribution in [2.75, 3.05) is 0 Å². The van der Waals surface area contributed by atoms with Crippen molar-refractivity contribution in [1.29, 1.82) is 0 Å². The molecule has 0 aliphatic carbocycles. The minimum Gasteiger partial charge on any atom is -0.247 e. The third-order valence-corrected chi connectivity index (χ3v) is 3.35. The van der Waals surface area contributed by atoms with Crippen LogP contribution >= 0.6 is 0 Å². The summed E-state index contributed by atoms with van der Waals surface area (Å²) in [7, 11) is 0. The highest BCUT2D eigenvalue weighted by molar-refractivity contribution is 5.18. The molecule has 0 N–H and O–H groups in total. The first-order chi connectivity index (χ1) is 11.4. The summed E-state index contributed by atoms with van der Waals surface area (Å²) in [5, 5.41) is 0. The van der Waals surface area contributed by atoms with E-state index in [-0.39, 0.29) is 18.7 Å². The van der Waals surface area contributed by atoms with Crippen LogP contribution < -0.4 is 17.1 Å². The van der Waals surface area contributed by atoms with Gasteiger partial charge in [-0.1, -0.05) is 18.2 Å². The summed E-state index contributed by atoms with van der Waals surface area (Å²) in [6.07, 6.45) is 2.66. The van der Waals surface area contributed by atoms with Crippen LogP contribution in [0.25, 0.3) is 0 Å².